The Bertz CT molecular complexity index is 1240. The standard InChI is InChI=1S/C31H37N3O2S/c1-6-18-32-30(37)31-27-21(33(19-7-2)23-14-10-16-25(35-4)28(23)31)12-9-13-22(27)34(20-8-3)24-15-11-17-26(36-5)29(24)31/h9-17H,6-8,18-20H2,1-5H3,(H,32,37). The molecule has 37 heavy (non-hydrogen) atoms. The molecule has 194 valence electrons. The number of rotatable bonds is 9. The normalized spacial score (nSPS) is 14.4. The lowest BCUT2D eigenvalue weighted by Gasteiger charge is -2.52. The summed E-state index contributed by atoms with van der Waals surface area (Å²) in [5.74, 6) is 1.67. The first-order chi connectivity index (χ1) is 18.1. The summed E-state index contributed by atoms with van der Waals surface area (Å²) in [6.45, 7) is 9.22. The number of methoxy groups -OCH3 is 2. The van der Waals surface area contributed by atoms with E-state index in [2.05, 4.69) is 90.5 Å². The third kappa shape index (κ3) is 3.60. The summed E-state index contributed by atoms with van der Waals surface area (Å²) < 4.78 is 12.2. The van der Waals surface area contributed by atoms with E-state index in [1.165, 1.54) is 16.9 Å². The van der Waals surface area contributed by atoms with Crippen molar-refractivity contribution in [2.75, 3.05) is 43.7 Å². The van der Waals surface area contributed by atoms with Gasteiger partial charge in [0.1, 0.15) is 16.9 Å². The first-order valence-corrected chi connectivity index (χ1v) is 13.8. The second-order valence-corrected chi connectivity index (χ2v) is 10.1. The van der Waals surface area contributed by atoms with Gasteiger partial charge in [0, 0.05) is 59.1 Å². The minimum absolute atomic E-state index is 0.769. The molecule has 2 aliphatic heterocycles. The van der Waals surface area contributed by atoms with Crippen molar-refractivity contribution in [3.63, 3.8) is 0 Å². The van der Waals surface area contributed by atoms with E-state index in [4.69, 9.17) is 21.7 Å². The van der Waals surface area contributed by atoms with E-state index in [0.29, 0.717) is 0 Å². The predicted molar refractivity (Wildman–Crippen MR) is 158 cm³/mol. The van der Waals surface area contributed by atoms with E-state index in [0.717, 1.165) is 77.9 Å². The summed E-state index contributed by atoms with van der Waals surface area (Å²) in [7, 11) is 3.51. The van der Waals surface area contributed by atoms with Crippen LogP contribution in [0.15, 0.2) is 54.6 Å². The van der Waals surface area contributed by atoms with Crippen LogP contribution in [0.25, 0.3) is 0 Å². The molecule has 0 atom stereocenters. The molecule has 3 aromatic rings. The molecule has 0 unspecified atom stereocenters. The third-order valence-electron chi connectivity index (χ3n) is 7.53. The highest BCUT2D eigenvalue weighted by Gasteiger charge is 2.56. The smallest absolute Gasteiger partial charge is 0.125 e. The molecule has 3 aromatic carbocycles. The lowest BCUT2D eigenvalue weighted by Crippen LogP contribution is -2.52. The zero-order valence-corrected chi connectivity index (χ0v) is 23.4. The van der Waals surface area contributed by atoms with Crippen molar-refractivity contribution in [3.05, 3.63) is 71.3 Å². The molecule has 0 bridgehead atoms. The molecule has 6 heteroatoms. The lowest BCUT2D eigenvalue weighted by atomic mass is 9.62. The summed E-state index contributed by atoms with van der Waals surface area (Å²) in [5.41, 5.74) is 7.26. The van der Waals surface area contributed by atoms with Gasteiger partial charge in [-0.2, -0.15) is 0 Å². The number of fused-ring (bicyclic) bond motifs is 4. The monoisotopic (exact) mass is 515 g/mol. The minimum atomic E-state index is -0.769. The lowest BCUT2D eigenvalue weighted by molar-refractivity contribution is 0.397. The maximum absolute atomic E-state index is 6.44. The largest absolute Gasteiger partial charge is 0.496 e. The van der Waals surface area contributed by atoms with Crippen LogP contribution in [-0.2, 0) is 5.41 Å². The van der Waals surface area contributed by atoms with Crippen molar-refractivity contribution in [3.8, 4) is 11.5 Å². The van der Waals surface area contributed by atoms with Crippen molar-refractivity contribution >= 4 is 40.0 Å². The van der Waals surface area contributed by atoms with E-state index in [1.807, 2.05) is 0 Å². The fourth-order valence-electron chi connectivity index (χ4n) is 6.22. The molecule has 0 radical (unpaired) electrons. The van der Waals surface area contributed by atoms with Crippen molar-refractivity contribution < 1.29 is 9.47 Å². The summed E-state index contributed by atoms with van der Waals surface area (Å²) in [5, 5.41) is 3.66. The SMILES string of the molecule is CCCNC(=S)C12c3c(OC)cccc3N(CCC)c3cccc(c31)N(CCC)c1cccc(OC)c12. The quantitative estimate of drug-likeness (QED) is 0.307. The van der Waals surface area contributed by atoms with Gasteiger partial charge in [0.15, 0.2) is 0 Å². The molecule has 0 spiro atoms. The summed E-state index contributed by atoms with van der Waals surface area (Å²) >= 11 is 6.44. The Labute approximate surface area is 226 Å². The summed E-state index contributed by atoms with van der Waals surface area (Å²) in [4.78, 5) is 5.68. The van der Waals surface area contributed by atoms with Crippen LogP contribution in [0.2, 0.25) is 0 Å². The molecular weight excluding hydrogens is 478 g/mol. The average Bonchev–Trinajstić information content (AvgIpc) is 2.94. The molecule has 0 aliphatic carbocycles. The molecule has 2 heterocycles. The van der Waals surface area contributed by atoms with Crippen LogP contribution >= 0.6 is 12.2 Å². The maximum atomic E-state index is 6.44. The third-order valence-corrected chi connectivity index (χ3v) is 7.98. The van der Waals surface area contributed by atoms with E-state index < -0.39 is 5.41 Å². The van der Waals surface area contributed by atoms with E-state index >= 15 is 0 Å². The molecule has 0 saturated heterocycles. The number of nitrogens with one attached hydrogen (secondary N) is 1. The van der Waals surface area contributed by atoms with Gasteiger partial charge in [0.05, 0.1) is 19.2 Å². The molecule has 0 saturated carbocycles. The van der Waals surface area contributed by atoms with Gasteiger partial charge in [-0.25, -0.2) is 0 Å². The number of thiocarbonyl (C=S) groups is 1. The van der Waals surface area contributed by atoms with Gasteiger partial charge in [-0.1, -0.05) is 51.2 Å². The fourth-order valence-corrected chi connectivity index (χ4v) is 6.63. The molecule has 0 amide bonds. The van der Waals surface area contributed by atoms with Gasteiger partial charge in [-0.15, -0.1) is 0 Å². The number of benzene rings is 3. The molecule has 0 aromatic heterocycles. The number of anilines is 4. The minimum Gasteiger partial charge on any atom is -0.496 e. The molecule has 0 fully saturated rings. The first kappa shape index (κ1) is 25.4. The first-order valence-electron chi connectivity index (χ1n) is 13.4. The second-order valence-electron chi connectivity index (χ2n) is 9.69. The van der Waals surface area contributed by atoms with Gasteiger partial charge < -0.3 is 24.6 Å². The van der Waals surface area contributed by atoms with E-state index in [1.54, 1.807) is 14.2 Å². The highest BCUT2D eigenvalue weighted by Crippen LogP contribution is 2.64. The van der Waals surface area contributed by atoms with Crippen LogP contribution in [0.4, 0.5) is 22.7 Å². The molecular formula is C31H37N3O2S. The summed E-state index contributed by atoms with van der Waals surface area (Å²) in [6.07, 6.45) is 3.01. The Hall–Kier alpha value is -3.25. The zero-order valence-electron chi connectivity index (χ0n) is 22.6. The van der Waals surface area contributed by atoms with Crippen molar-refractivity contribution in [2.24, 2.45) is 0 Å². The number of ether oxygens (including phenoxy) is 2. The highest BCUT2D eigenvalue weighted by molar-refractivity contribution is 7.80. The Morgan fingerprint density at radius 1 is 0.703 bits per heavy atom. The average molecular weight is 516 g/mol. The van der Waals surface area contributed by atoms with Crippen LogP contribution in [0.3, 0.4) is 0 Å². The summed E-state index contributed by atoms with van der Waals surface area (Å²) in [6, 6.07) is 19.4. The van der Waals surface area contributed by atoms with Crippen molar-refractivity contribution in [1.29, 1.82) is 0 Å². The van der Waals surface area contributed by atoms with Crippen LogP contribution in [0.5, 0.6) is 11.5 Å². The molecule has 5 nitrogen and oxygen atoms in total. The van der Waals surface area contributed by atoms with Crippen LogP contribution in [0, 0.1) is 0 Å². The number of hydrogen-bond acceptors (Lipinski definition) is 5. The Kier molecular flexibility index (Phi) is 7.04. The predicted octanol–water partition coefficient (Wildman–Crippen LogP) is 7.09. The van der Waals surface area contributed by atoms with Crippen LogP contribution < -0.4 is 24.6 Å². The number of hydrogen-bond donors (Lipinski definition) is 1. The van der Waals surface area contributed by atoms with E-state index in [-0.39, 0.29) is 0 Å². The van der Waals surface area contributed by atoms with Gasteiger partial charge in [0.2, 0.25) is 0 Å². The van der Waals surface area contributed by atoms with Gasteiger partial charge >= 0.3 is 0 Å². The van der Waals surface area contributed by atoms with Crippen LogP contribution in [-0.4, -0.2) is 38.8 Å². The zero-order chi connectivity index (χ0) is 26.2. The van der Waals surface area contributed by atoms with Crippen LogP contribution in [0.1, 0.15) is 56.7 Å². The Morgan fingerprint density at radius 2 is 1.14 bits per heavy atom. The van der Waals surface area contributed by atoms with Gasteiger partial charge in [-0.05, 0) is 55.7 Å². The Morgan fingerprint density at radius 3 is 1.54 bits per heavy atom. The second kappa shape index (κ2) is 10.3. The van der Waals surface area contributed by atoms with Crippen molar-refractivity contribution in [1.82, 2.24) is 5.32 Å². The fraction of sp³-hybridized carbons (Fsp3) is 0.387. The molecule has 2 aliphatic rings. The Balaban J connectivity index is 2.02. The maximum Gasteiger partial charge on any atom is 0.125 e. The molecule has 1 N–H and O–H groups in total. The topological polar surface area (TPSA) is 37.0 Å². The van der Waals surface area contributed by atoms with Crippen molar-refractivity contribution in [2.45, 2.75) is 45.4 Å². The number of nitrogens with zero attached hydrogens (tertiary/aromatic N) is 2. The van der Waals surface area contributed by atoms with E-state index in [9.17, 15) is 0 Å². The van der Waals surface area contributed by atoms with Gasteiger partial charge in [-0.3, -0.25) is 0 Å². The van der Waals surface area contributed by atoms with Gasteiger partial charge in [0.25, 0.3) is 0 Å². The molecule has 5 rings (SSSR count). The highest BCUT2D eigenvalue weighted by atomic mass is 32.1.